The summed E-state index contributed by atoms with van der Waals surface area (Å²) in [5.74, 6) is 1.23. The number of aromatic hydroxyl groups is 1. The third kappa shape index (κ3) is 3.90. The maximum absolute atomic E-state index is 12.2. The SMILES string of the molecule is COc1ccc(-c2noc(COC(=O)Cc3coc4cc(O)ccc34)n2)cc1OC. The van der Waals surface area contributed by atoms with E-state index in [4.69, 9.17) is 23.2 Å². The van der Waals surface area contributed by atoms with E-state index in [9.17, 15) is 9.90 Å². The fraction of sp³-hybridized carbons (Fsp3) is 0.190. The van der Waals surface area contributed by atoms with Crippen molar-refractivity contribution >= 4 is 16.9 Å². The number of benzene rings is 2. The van der Waals surface area contributed by atoms with Gasteiger partial charge in [0.1, 0.15) is 11.3 Å². The number of carbonyl (C=O) groups excluding carboxylic acids is 1. The minimum absolute atomic E-state index is 0.00838. The molecule has 4 aromatic rings. The van der Waals surface area contributed by atoms with Crippen molar-refractivity contribution in [1.82, 2.24) is 10.1 Å². The van der Waals surface area contributed by atoms with Crippen LogP contribution in [0.2, 0.25) is 0 Å². The number of rotatable bonds is 7. The molecule has 0 aliphatic carbocycles. The van der Waals surface area contributed by atoms with Crippen molar-refractivity contribution in [2.75, 3.05) is 14.2 Å². The normalized spacial score (nSPS) is 10.9. The zero-order valence-corrected chi connectivity index (χ0v) is 16.2. The number of methoxy groups -OCH3 is 2. The van der Waals surface area contributed by atoms with Crippen LogP contribution < -0.4 is 9.47 Å². The first-order valence-electron chi connectivity index (χ1n) is 8.97. The summed E-state index contributed by atoms with van der Waals surface area (Å²) in [6, 6.07) is 9.92. The molecule has 30 heavy (non-hydrogen) atoms. The van der Waals surface area contributed by atoms with Crippen LogP contribution in [0.1, 0.15) is 11.5 Å². The lowest BCUT2D eigenvalue weighted by Gasteiger charge is -2.07. The molecule has 0 amide bonds. The fourth-order valence-corrected chi connectivity index (χ4v) is 2.96. The van der Waals surface area contributed by atoms with Crippen molar-refractivity contribution < 1.29 is 33.1 Å². The van der Waals surface area contributed by atoms with E-state index in [0.29, 0.717) is 34.0 Å². The molecular formula is C21H18N2O7. The molecule has 0 fully saturated rings. The van der Waals surface area contributed by atoms with Crippen molar-refractivity contribution in [3.63, 3.8) is 0 Å². The number of hydrogen-bond acceptors (Lipinski definition) is 9. The molecule has 0 atom stereocenters. The van der Waals surface area contributed by atoms with Crippen LogP contribution in [0.25, 0.3) is 22.4 Å². The van der Waals surface area contributed by atoms with Gasteiger partial charge in [-0.05, 0) is 30.3 Å². The molecular weight excluding hydrogens is 392 g/mol. The second-order valence-electron chi connectivity index (χ2n) is 6.36. The zero-order valence-electron chi connectivity index (χ0n) is 16.2. The van der Waals surface area contributed by atoms with E-state index in [1.165, 1.54) is 25.5 Å². The molecule has 0 unspecified atom stereocenters. The lowest BCUT2D eigenvalue weighted by Crippen LogP contribution is -2.07. The molecule has 2 aromatic heterocycles. The van der Waals surface area contributed by atoms with E-state index in [1.807, 2.05) is 0 Å². The van der Waals surface area contributed by atoms with Crippen molar-refractivity contribution in [3.05, 3.63) is 54.1 Å². The van der Waals surface area contributed by atoms with Crippen LogP contribution >= 0.6 is 0 Å². The molecule has 2 aromatic carbocycles. The molecule has 0 aliphatic rings. The van der Waals surface area contributed by atoms with Gasteiger partial charge in [-0.1, -0.05) is 5.16 Å². The Morgan fingerprint density at radius 3 is 2.73 bits per heavy atom. The molecule has 1 N–H and O–H groups in total. The second kappa shape index (κ2) is 8.16. The largest absolute Gasteiger partial charge is 0.508 e. The molecule has 0 radical (unpaired) electrons. The van der Waals surface area contributed by atoms with Crippen LogP contribution in [-0.4, -0.2) is 35.4 Å². The minimum atomic E-state index is -0.475. The van der Waals surface area contributed by atoms with Gasteiger partial charge < -0.3 is 28.3 Å². The Morgan fingerprint density at radius 1 is 1.10 bits per heavy atom. The number of phenolic OH excluding ortho intramolecular Hbond substituents is 1. The van der Waals surface area contributed by atoms with Crippen molar-refractivity contribution in [1.29, 1.82) is 0 Å². The molecule has 0 saturated heterocycles. The summed E-state index contributed by atoms with van der Waals surface area (Å²) in [6.45, 7) is -0.157. The van der Waals surface area contributed by atoms with Crippen LogP contribution in [0.3, 0.4) is 0 Å². The van der Waals surface area contributed by atoms with Gasteiger partial charge in [-0.2, -0.15) is 4.98 Å². The molecule has 0 spiro atoms. The van der Waals surface area contributed by atoms with Gasteiger partial charge in [0.25, 0.3) is 5.89 Å². The molecule has 9 heteroatoms. The number of fused-ring (bicyclic) bond motifs is 1. The molecule has 4 rings (SSSR count). The highest BCUT2D eigenvalue weighted by Gasteiger charge is 2.15. The number of nitrogens with zero attached hydrogens (tertiary/aromatic N) is 2. The van der Waals surface area contributed by atoms with Crippen LogP contribution in [0.5, 0.6) is 17.2 Å². The summed E-state index contributed by atoms with van der Waals surface area (Å²) in [5, 5.41) is 14.1. The first-order chi connectivity index (χ1) is 14.6. The number of esters is 1. The van der Waals surface area contributed by atoms with Gasteiger partial charge >= 0.3 is 5.97 Å². The third-order valence-electron chi connectivity index (χ3n) is 4.44. The lowest BCUT2D eigenvalue weighted by atomic mass is 10.1. The smallest absolute Gasteiger partial charge is 0.310 e. The predicted molar refractivity (Wildman–Crippen MR) is 104 cm³/mol. The van der Waals surface area contributed by atoms with Gasteiger partial charge in [0.2, 0.25) is 5.82 Å². The Hall–Kier alpha value is -4.01. The van der Waals surface area contributed by atoms with Gasteiger partial charge in [-0.15, -0.1) is 0 Å². The quantitative estimate of drug-likeness (QED) is 0.457. The van der Waals surface area contributed by atoms with E-state index in [0.717, 1.165) is 5.39 Å². The average molecular weight is 410 g/mol. The Bertz CT molecular complexity index is 1200. The average Bonchev–Trinajstić information content (AvgIpc) is 3.39. The van der Waals surface area contributed by atoms with Crippen molar-refractivity contribution in [2.45, 2.75) is 13.0 Å². The minimum Gasteiger partial charge on any atom is -0.508 e. The molecule has 0 saturated carbocycles. The van der Waals surface area contributed by atoms with Crippen LogP contribution in [-0.2, 0) is 22.6 Å². The molecule has 0 bridgehead atoms. The van der Waals surface area contributed by atoms with Gasteiger partial charge in [-0.25, -0.2) is 0 Å². The molecule has 9 nitrogen and oxygen atoms in total. The number of aromatic nitrogens is 2. The maximum Gasteiger partial charge on any atom is 0.310 e. The Kier molecular flexibility index (Phi) is 5.25. The number of hydrogen-bond donors (Lipinski definition) is 1. The summed E-state index contributed by atoms with van der Waals surface area (Å²) in [7, 11) is 3.09. The number of ether oxygens (including phenoxy) is 3. The maximum atomic E-state index is 12.2. The summed E-state index contributed by atoms with van der Waals surface area (Å²) in [6.07, 6.45) is 1.47. The zero-order chi connectivity index (χ0) is 21.1. The fourth-order valence-electron chi connectivity index (χ4n) is 2.96. The molecule has 154 valence electrons. The second-order valence-corrected chi connectivity index (χ2v) is 6.36. The van der Waals surface area contributed by atoms with E-state index in [1.54, 1.807) is 31.4 Å². The topological polar surface area (TPSA) is 117 Å². The van der Waals surface area contributed by atoms with Crippen molar-refractivity contribution in [2.24, 2.45) is 0 Å². The first-order valence-corrected chi connectivity index (χ1v) is 8.97. The summed E-state index contributed by atoms with van der Waals surface area (Å²) < 4.78 is 26.2. The lowest BCUT2D eigenvalue weighted by molar-refractivity contribution is -0.144. The van der Waals surface area contributed by atoms with Gasteiger partial charge in [0, 0.05) is 22.6 Å². The number of furan rings is 1. The van der Waals surface area contributed by atoms with Crippen molar-refractivity contribution in [3.8, 4) is 28.6 Å². The Balaban J connectivity index is 1.40. The van der Waals surface area contributed by atoms with Crippen LogP contribution in [0, 0.1) is 0 Å². The van der Waals surface area contributed by atoms with Gasteiger partial charge in [-0.3, -0.25) is 4.79 Å². The molecule has 0 aliphatic heterocycles. The Labute approximate surface area is 170 Å². The summed E-state index contributed by atoms with van der Waals surface area (Å²) in [5.41, 5.74) is 1.82. The van der Waals surface area contributed by atoms with E-state index < -0.39 is 5.97 Å². The van der Waals surface area contributed by atoms with Gasteiger partial charge in [0.05, 0.1) is 26.9 Å². The van der Waals surface area contributed by atoms with E-state index >= 15 is 0 Å². The van der Waals surface area contributed by atoms with E-state index in [-0.39, 0.29) is 24.7 Å². The van der Waals surface area contributed by atoms with Crippen LogP contribution in [0.4, 0.5) is 0 Å². The number of phenols is 1. The summed E-state index contributed by atoms with van der Waals surface area (Å²) in [4.78, 5) is 16.4. The Morgan fingerprint density at radius 2 is 1.93 bits per heavy atom. The number of carbonyl (C=O) groups is 1. The van der Waals surface area contributed by atoms with Gasteiger partial charge in [0.15, 0.2) is 18.1 Å². The summed E-state index contributed by atoms with van der Waals surface area (Å²) >= 11 is 0. The first kappa shape index (κ1) is 19.3. The predicted octanol–water partition coefficient (Wildman–Crippen LogP) is 3.49. The van der Waals surface area contributed by atoms with E-state index in [2.05, 4.69) is 10.1 Å². The highest BCUT2D eigenvalue weighted by atomic mass is 16.6. The third-order valence-corrected chi connectivity index (χ3v) is 4.44. The van der Waals surface area contributed by atoms with Crippen LogP contribution in [0.15, 0.2) is 51.6 Å². The molecule has 2 heterocycles. The monoisotopic (exact) mass is 410 g/mol. The standard InChI is InChI=1S/C21H18N2O7/c1-26-16-6-3-12(7-18(16)27-2)21-22-19(30-23-21)11-29-20(25)8-13-10-28-17-9-14(24)4-5-15(13)17/h3-7,9-10,24H,8,11H2,1-2H3. The highest BCUT2D eigenvalue weighted by molar-refractivity contribution is 5.86. The highest BCUT2D eigenvalue weighted by Crippen LogP contribution is 2.31.